The van der Waals surface area contributed by atoms with E-state index in [0.29, 0.717) is 11.5 Å². The van der Waals surface area contributed by atoms with Gasteiger partial charge in [-0.3, -0.25) is 9.69 Å². The van der Waals surface area contributed by atoms with Gasteiger partial charge in [-0.1, -0.05) is 68.4 Å². The van der Waals surface area contributed by atoms with E-state index in [1.165, 1.54) is 22.3 Å². The maximum absolute atomic E-state index is 12.9. The Balaban J connectivity index is 1.42. The molecule has 3 heteroatoms. The van der Waals surface area contributed by atoms with Crippen molar-refractivity contribution in [2.24, 2.45) is 0 Å². The third-order valence-corrected chi connectivity index (χ3v) is 6.00. The van der Waals surface area contributed by atoms with Crippen molar-refractivity contribution in [3.63, 3.8) is 0 Å². The molecule has 3 aromatic carbocycles. The van der Waals surface area contributed by atoms with E-state index in [9.17, 15) is 4.79 Å². The summed E-state index contributed by atoms with van der Waals surface area (Å²) in [6, 6.07) is 22.9. The second-order valence-corrected chi connectivity index (χ2v) is 8.57. The Morgan fingerprint density at radius 1 is 0.967 bits per heavy atom. The van der Waals surface area contributed by atoms with Crippen LogP contribution in [0.15, 0.2) is 66.7 Å². The van der Waals surface area contributed by atoms with Crippen LogP contribution in [0.5, 0.6) is 0 Å². The van der Waals surface area contributed by atoms with E-state index in [1.807, 2.05) is 31.2 Å². The molecule has 0 atom stereocenters. The molecule has 1 N–H and O–H groups in total. The number of para-hydroxylation sites is 1. The highest BCUT2D eigenvalue weighted by molar-refractivity contribution is 6.05. The van der Waals surface area contributed by atoms with Gasteiger partial charge in [0.05, 0.1) is 0 Å². The van der Waals surface area contributed by atoms with Crippen molar-refractivity contribution in [2.75, 3.05) is 11.9 Å². The van der Waals surface area contributed by atoms with Crippen molar-refractivity contribution in [1.82, 2.24) is 4.90 Å². The summed E-state index contributed by atoms with van der Waals surface area (Å²) in [4.78, 5) is 15.3. The smallest absolute Gasteiger partial charge is 0.255 e. The average Bonchev–Trinajstić information content (AvgIpc) is 2.75. The van der Waals surface area contributed by atoms with E-state index < -0.39 is 0 Å². The fraction of sp³-hybridized carbons (Fsp3) is 0.296. The zero-order chi connectivity index (χ0) is 21.1. The van der Waals surface area contributed by atoms with Crippen LogP contribution in [0.25, 0.3) is 0 Å². The number of nitrogens with zero attached hydrogens (tertiary/aromatic N) is 1. The van der Waals surface area contributed by atoms with Crippen molar-refractivity contribution in [3.8, 4) is 0 Å². The number of aryl methyl sites for hydroxylation is 1. The standard InChI is InChI=1S/C27H30N2O/c1-19(2)25-10-6-7-20(3)26(25)28-27(30)23-13-11-21(12-14-23)17-29-16-15-22-8-4-5-9-24(22)18-29/h4-14,19H,15-18H2,1-3H3,(H,28,30). The monoisotopic (exact) mass is 398 g/mol. The quantitative estimate of drug-likeness (QED) is 0.578. The Kier molecular flexibility index (Phi) is 6.01. The van der Waals surface area contributed by atoms with Crippen LogP contribution in [0.3, 0.4) is 0 Å². The third-order valence-electron chi connectivity index (χ3n) is 6.00. The maximum Gasteiger partial charge on any atom is 0.255 e. The molecule has 30 heavy (non-hydrogen) atoms. The molecule has 1 aliphatic rings. The number of carbonyl (C=O) groups is 1. The van der Waals surface area contributed by atoms with E-state index in [0.717, 1.165) is 37.3 Å². The van der Waals surface area contributed by atoms with Crippen molar-refractivity contribution < 1.29 is 4.79 Å². The molecule has 0 aliphatic carbocycles. The third kappa shape index (κ3) is 4.47. The molecule has 0 radical (unpaired) electrons. The van der Waals surface area contributed by atoms with Gasteiger partial charge in [0, 0.05) is 30.9 Å². The van der Waals surface area contributed by atoms with Crippen LogP contribution in [-0.4, -0.2) is 17.4 Å². The van der Waals surface area contributed by atoms with Crippen LogP contribution in [0.2, 0.25) is 0 Å². The number of hydrogen-bond donors (Lipinski definition) is 1. The van der Waals surface area contributed by atoms with Crippen molar-refractivity contribution in [2.45, 2.75) is 46.2 Å². The van der Waals surface area contributed by atoms with Gasteiger partial charge in [0.25, 0.3) is 5.91 Å². The van der Waals surface area contributed by atoms with E-state index in [4.69, 9.17) is 0 Å². The van der Waals surface area contributed by atoms with Gasteiger partial charge < -0.3 is 5.32 Å². The summed E-state index contributed by atoms with van der Waals surface area (Å²) in [7, 11) is 0. The van der Waals surface area contributed by atoms with Crippen LogP contribution < -0.4 is 5.32 Å². The van der Waals surface area contributed by atoms with Crippen LogP contribution in [-0.2, 0) is 19.5 Å². The van der Waals surface area contributed by atoms with Crippen LogP contribution >= 0.6 is 0 Å². The van der Waals surface area contributed by atoms with Crippen LogP contribution in [0.1, 0.15) is 57.9 Å². The molecule has 1 amide bonds. The summed E-state index contributed by atoms with van der Waals surface area (Å²) >= 11 is 0. The van der Waals surface area contributed by atoms with Gasteiger partial charge in [-0.05, 0) is 59.2 Å². The summed E-state index contributed by atoms with van der Waals surface area (Å²) in [5.74, 6) is 0.307. The largest absolute Gasteiger partial charge is 0.321 e. The summed E-state index contributed by atoms with van der Waals surface area (Å²) in [5.41, 5.74) is 8.04. The molecule has 3 aromatic rings. The molecular weight excluding hydrogens is 368 g/mol. The molecule has 0 saturated carbocycles. The molecule has 154 valence electrons. The molecule has 4 rings (SSSR count). The normalized spacial score (nSPS) is 13.9. The zero-order valence-electron chi connectivity index (χ0n) is 18.1. The minimum Gasteiger partial charge on any atom is -0.321 e. The van der Waals surface area contributed by atoms with Gasteiger partial charge in [-0.2, -0.15) is 0 Å². The zero-order valence-corrected chi connectivity index (χ0v) is 18.1. The van der Waals surface area contributed by atoms with E-state index in [1.54, 1.807) is 0 Å². The lowest BCUT2D eigenvalue weighted by molar-refractivity contribution is 0.102. The lowest BCUT2D eigenvalue weighted by atomic mass is 9.98. The first-order chi connectivity index (χ1) is 14.5. The molecule has 0 aromatic heterocycles. The molecule has 0 saturated heterocycles. The van der Waals surface area contributed by atoms with Gasteiger partial charge in [0.1, 0.15) is 0 Å². The molecule has 0 bridgehead atoms. The lowest BCUT2D eigenvalue weighted by Gasteiger charge is -2.28. The van der Waals surface area contributed by atoms with Crippen molar-refractivity contribution in [1.29, 1.82) is 0 Å². The second kappa shape index (κ2) is 8.85. The number of fused-ring (bicyclic) bond motifs is 1. The minimum absolute atomic E-state index is 0.0513. The van der Waals surface area contributed by atoms with Gasteiger partial charge >= 0.3 is 0 Å². The number of carbonyl (C=O) groups excluding carboxylic acids is 1. The van der Waals surface area contributed by atoms with Crippen LogP contribution in [0.4, 0.5) is 5.69 Å². The Bertz CT molecular complexity index is 1040. The maximum atomic E-state index is 12.9. The Morgan fingerprint density at radius 2 is 1.70 bits per heavy atom. The van der Waals surface area contributed by atoms with Crippen molar-refractivity contribution in [3.05, 3.63) is 100 Å². The molecule has 1 aliphatic heterocycles. The van der Waals surface area contributed by atoms with E-state index >= 15 is 0 Å². The molecule has 0 spiro atoms. The number of benzene rings is 3. The second-order valence-electron chi connectivity index (χ2n) is 8.57. The van der Waals surface area contributed by atoms with Crippen LogP contribution in [0, 0.1) is 6.92 Å². The number of hydrogen-bond acceptors (Lipinski definition) is 2. The molecule has 0 unspecified atom stereocenters. The SMILES string of the molecule is Cc1cccc(C(C)C)c1NC(=O)c1ccc(CN2CCc3ccccc3C2)cc1. The highest BCUT2D eigenvalue weighted by Gasteiger charge is 2.17. The summed E-state index contributed by atoms with van der Waals surface area (Å²) in [6.07, 6.45) is 1.10. The topological polar surface area (TPSA) is 32.3 Å². The number of nitrogens with one attached hydrogen (secondary N) is 1. The summed E-state index contributed by atoms with van der Waals surface area (Å²) in [5, 5.41) is 3.14. The minimum atomic E-state index is -0.0513. The molecule has 1 heterocycles. The first kappa shape index (κ1) is 20.4. The summed E-state index contributed by atoms with van der Waals surface area (Å²) < 4.78 is 0. The first-order valence-corrected chi connectivity index (χ1v) is 10.8. The number of rotatable bonds is 5. The van der Waals surface area contributed by atoms with Crippen molar-refractivity contribution >= 4 is 11.6 Å². The Labute approximate surface area is 179 Å². The highest BCUT2D eigenvalue weighted by Crippen LogP contribution is 2.28. The van der Waals surface area contributed by atoms with Gasteiger partial charge in [-0.25, -0.2) is 0 Å². The fourth-order valence-corrected chi connectivity index (χ4v) is 4.24. The number of amides is 1. The first-order valence-electron chi connectivity index (χ1n) is 10.8. The highest BCUT2D eigenvalue weighted by atomic mass is 16.1. The predicted octanol–water partition coefficient (Wildman–Crippen LogP) is 5.93. The molecular formula is C27H30N2O. The predicted molar refractivity (Wildman–Crippen MR) is 124 cm³/mol. The molecule has 0 fully saturated rings. The average molecular weight is 399 g/mol. The number of anilines is 1. The Hall–Kier alpha value is -2.91. The van der Waals surface area contributed by atoms with Gasteiger partial charge in [0.15, 0.2) is 0 Å². The Morgan fingerprint density at radius 3 is 2.43 bits per heavy atom. The van der Waals surface area contributed by atoms with Gasteiger partial charge in [-0.15, -0.1) is 0 Å². The van der Waals surface area contributed by atoms with E-state index in [-0.39, 0.29) is 5.91 Å². The summed E-state index contributed by atoms with van der Waals surface area (Å²) in [6.45, 7) is 9.32. The van der Waals surface area contributed by atoms with E-state index in [2.05, 4.69) is 66.5 Å². The van der Waals surface area contributed by atoms with Gasteiger partial charge in [0.2, 0.25) is 0 Å². The molecule has 3 nitrogen and oxygen atoms in total. The lowest BCUT2D eigenvalue weighted by Crippen LogP contribution is -2.29. The fourth-order valence-electron chi connectivity index (χ4n) is 4.24.